The van der Waals surface area contributed by atoms with Crippen molar-refractivity contribution in [2.75, 3.05) is 13.7 Å². The first-order valence-electron chi connectivity index (χ1n) is 12.6. The molecule has 0 bridgehead atoms. The Balaban J connectivity index is 1.68. The zero-order valence-corrected chi connectivity index (χ0v) is 22.3. The molecule has 2 aliphatic carbocycles. The Bertz CT molecular complexity index is 1410. The van der Waals surface area contributed by atoms with Crippen LogP contribution in [0.1, 0.15) is 68.8 Å². The van der Waals surface area contributed by atoms with Crippen LogP contribution in [0.5, 0.6) is 17.2 Å². The van der Waals surface area contributed by atoms with E-state index in [1.165, 1.54) is 25.3 Å². The Kier molecular flexibility index (Phi) is 7.38. The Morgan fingerprint density at radius 3 is 2.52 bits per heavy atom. The fourth-order valence-corrected chi connectivity index (χ4v) is 6.04. The molecule has 0 aromatic heterocycles. The van der Waals surface area contributed by atoms with Crippen LogP contribution in [0.25, 0.3) is 0 Å². The molecule has 0 saturated carbocycles. The highest BCUT2D eigenvalue weighted by Gasteiger charge is 2.50. The summed E-state index contributed by atoms with van der Waals surface area (Å²) in [7, 11) is 1.32. The van der Waals surface area contributed by atoms with Crippen molar-refractivity contribution in [3.05, 3.63) is 51.6 Å². The molecule has 2 aromatic rings. The number of methoxy groups -OCH3 is 1. The summed E-state index contributed by atoms with van der Waals surface area (Å²) in [6.45, 7) is 0.554. The fraction of sp³-hybridized carbons (Fsp3) is 0.444. The summed E-state index contributed by atoms with van der Waals surface area (Å²) in [6.07, 6.45) is -5.19. The van der Waals surface area contributed by atoms with Gasteiger partial charge >= 0.3 is 0 Å². The minimum absolute atomic E-state index is 0.0207. The van der Waals surface area contributed by atoms with E-state index >= 15 is 0 Å². The van der Waals surface area contributed by atoms with Crippen LogP contribution in [0.3, 0.4) is 0 Å². The molecule has 0 spiro atoms. The standard InChI is InChI=1S/C27H28ClNO11/c1-10-22(32)13(29-28)6-17(39-10)40-15-8-27(37,16(31)9-30)7-12-19(15)26(36)21-20(24(12)34)23(33)11-4-3-5-14(38-2)18(11)25(21)35/h3-5,10,13,15,17,22,29-30,32,34,36-37H,6-9H2,1-2H3/t10-,13+,15+,17?,22-,27+/m1/s1. The van der Waals surface area contributed by atoms with Crippen molar-refractivity contribution in [3.8, 4) is 17.2 Å². The highest BCUT2D eigenvalue weighted by atomic mass is 35.5. The molecule has 1 fully saturated rings. The second-order valence-electron chi connectivity index (χ2n) is 10.2. The number of phenols is 2. The number of ketones is 3. The molecule has 1 saturated heterocycles. The number of hydrogen-bond acceptors (Lipinski definition) is 12. The minimum atomic E-state index is -2.25. The van der Waals surface area contributed by atoms with E-state index in [2.05, 4.69) is 4.84 Å². The average Bonchev–Trinajstić information content (AvgIpc) is 2.94. The van der Waals surface area contributed by atoms with Crippen molar-refractivity contribution in [1.29, 1.82) is 0 Å². The van der Waals surface area contributed by atoms with E-state index in [0.29, 0.717) is 0 Å². The average molecular weight is 578 g/mol. The van der Waals surface area contributed by atoms with E-state index in [-0.39, 0.29) is 34.4 Å². The minimum Gasteiger partial charge on any atom is -0.507 e. The van der Waals surface area contributed by atoms with Crippen LogP contribution in [0.2, 0.25) is 0 Å². The first kappa shape index (κ1) is 28.4. The monoisotopic (exact) mass is 577 g/mol. The molecule has 0 radical (unpaired) electrons. The predicted molar refractivity (Wildman–Crippen MR) is 137 cm³/mol. The van der Waals surface area contributed by atoms with E-state index in [0.717, 1.165) is 0 Å². The number of rotatable bonds is 6. The highest BCUT2D eigenvalue weighted by molar-refractivity contribution is 6.31. The second kappa shape index (κ2) is 10.4. The SMILES string of the molecule is COc1cccc2c1C(=O)c1c(O)c3c(c(O)c1C2=O)C[C@@](O)(C(=O)CO)C[C@@H]3OC1C[C@H](NCl)[C@H](O)[C@@H](C)O1. The number of fused-ring (bicyclic) bond motifs is 3. The van der Waals surface area contributed by atoms with Gasteiger partial charge in [-0.05, 0) is 24.8 Å². The summed E-state index contributed by atoms with van der Waals surface area (Å²) in [4.78, 5) is 42.3. The normalized spacial score (nSPS) is 29.4. The summed E-state index contributed by atoms with van der Waals surface area (Å²) in [6, 6.07) is 3.70. The van der Waals surface area contributed by atoms with Gasteiger partial charge in [-0.1, -0.05) is 12.1 Å². The summed E-state index contributed by atoms with van der Waals surface area (Å²) in [5, 5.41) is 54.0. The topological polar surface area (TPSA) is 192 Å². The van der Waals surface area contributed by atoms with Crippen LogP contribution >= 0.6 is 11.8 Å². The van der Waals surface area contributed by atoms with Crippen LogP contribution < -0.4 is 9.57 Å². The van der Waals surface area contributed by atoms with Gasteiger partial charge in [-0.25, -0.2) is 4.84 Å². The molecule has 6 N–H and O–H groups in total. The van der Waals surface area contributed by atoms with Crippen LogP contribution in [0, 0.1) is 0 Å². The number of nitrogens with one attached hydrogen (secondary N) is 1. The Morgan fingerprint density at radius 1 is 1.18 bits per heavy atom. The number of halogens is 1. The molecule has 3 aliphatic rings. The number of aliphatic hydroxyl groups is 3. The van der Waals surface area contributed by atoms with Gasteiger partial charge in [0.25, 0.3) is 0 Å². The maximum Gasteiger partial charge on any atom is 0.202 e. The molecule has 6 atom stereocenters. The van der Waals surface area contributed by atoms with Gasteiger partial charge in [0.15, 0.2) is 17.9 Å². The number of hydrogen-bond donors (Lipinski definition) is 6. The first-order valence-corrected chi connectivity index (χ1v) is 12.9. The summed E-state index contributed by atoms with van der Waals surface area (Å²) < 4.78 is 17.1. The first-order chi connectivity index (χ1) is 19.0. The highest BCUT2D eigenvalue weighted by Crippen LogP contribution is 2.52. The zero-order chi connectivity index (χ0) is 29.1. The third-order valence-electron chi connectivity index (χ3n) is 7.90. The van der Waals surface area contributed by atoms with Crippen molar-refractivity contribution in [2.24, 2.45) is 0 Å². The van der Waals surface area contributed by atoms with Crippen molar-refractivity contribution in [3.63, 3.8) is 0 Å². The van der Waals surface area contributed by atoms with Gasteiger partial charge in [0.05, 0.1) is 48.2 Å². The molecule has 214 valence electrons. The predicted octanol–water partition coefficient (Wildman–Crippen LogP) is 0.786. The van der Waals surface area contributed by atoms with Crippen molar-refractivity contribution in [2.45, 2.75) is 62.4 Å². The third kappa shape index (κ3) is 4.27. The maximum absolute atomic E-state index is 13.7. The number of ether oxygens (including phenoxy) is 3. The number of Topliss-reactive ketones (excluding diaryl/α,β-unsaturated/α-hetero) is 1. The molecular weight excluding hydrogens is 550 g/mol. The third-order valence-corrected chi connectivity index (χ3v) is 8.18. The zero-order valence-electron chi connectivity index (χ0n) is 21.5. The Morgan fingerprint density at radius 2 is 1.88 bits per heavy atom. The molecule has 12 nitrogen and oxygen atoms in total. The van der Waals surface area contributed by atoms with Gasteiger partial charge in [0, 0.05) is 36.0 Å². The van der Waals surface area contributed by atoms with Gasteiger partial charge in [0.2, 0.25) is 5.78 Å². The molecule has 1 unspecified atom stereocenters. The van der Waals surface area contributed by atoms with Gasteiger partial charge in [-0.2, -0.15) is 0 Å². The molecule has 1 heterocycles. The van der Waals surface area contributed by atoms with Crippen LogP contribution in [-0.2, 0) is 20.7 Å². The van der Waals surface area contributed by atoms with E-state index in [1.807, 2.05) is 0 Å². The lowest BCUT2D eigenvalue weighted by atomic mass is 9.72. The van der Waals surface area contributed by atoms with E-state index < -0.39 is 95.7 Å². The summed E-state index contributed by atoms with van der Waals surface area (Å²) in [5.74, 6) is -3.81. The second-order valence-corrected chi connectivity index (χ2v) is 10.4. The molecule has 5 rings (SSSR count). The lowest BCUT2D eigenvalue weighted by Gasteiger charge is -2.42. The van der Waals surface area contributed by atoms with Crippen molar-refractivity contribution >= 4 is 29.1 Å². The smallest absolute Gasteiger partial charge is 0.202 e. The molecule has 1 aliphatic heterocycles. The molecule has 40 heavy (non-hydrogen) atoms. The summed E-state index contributed by atoms with van der Waals surface area (Å²) in [5.41, 5.74) is -3.68. The van der Waals surface area contributed by atoms with E-state index in [1.54, 1.807) is 6.92 Å². The van der Waals surface area contributed by atoms with Crippen LogP contribution in [0.4, 0.5) is 0 Å². The number of phenolic OH excluding ortho intramolecular Hbond substituents is 2. The lowest BCUT2D eigenvalue weighted by molar-refractivity contribution is -0.248. The Hall–Kier alpha value is -3.10. The molecular formula is C27H28ClNO11. The lowest BCUT2D eigenvalue weighted by Crippen LogP contribution is -2.53. The van der Waals surface area contributed by atoms with E-state index in [4.69, 9.17) is 26.0 Å². The largest absolute Gasteiger partial charge is 0.507 e. The summed E-state index contributed by atoms with van der Waals surface area (Å²) >= 11 is 5.77. The number of aromatic hydroxyl groups is 2. The van der Waals surface area contributed by atoms with Crippen molar-refractivity contribution < 1.29 is 54.1 Å². The molecule has 0 amide bonds. The Labute approximate surface area is 233 Å². The number of carbonyl (C=O) groups excluding carboxylic acids is 3. The maximum atomic E-state index is 13.7. The quantitative estimate of drug-likeness (QED) is 0.178. The van der Waals surface area contributed by atoms with Gasteiger partial charge < -0.3 is 39.7 Å². The van der Waals surface area contributed by atoms with Crippen LogP contribution in [-0.4, -0.2) is 86.7 Å². The molecule has 2 aromatic carbocycles. The number of carbonyl (C=O) groups is 3. The number of benzene rings is 2. The van der Waals surface area contributed by atoms with E-state index in [9.17, 15) is 39.9 Å². The fourth-order valence-electron chi connectivity index (χ4n) is 5.82. The number of aliphatic hydroxyl groups excluding tert-OH is 2. The van der Waals surface area contributed by atoms with Crippen molar-refractivity contribution in [1.82, 2.24) is 4.84 Å². The van der Waals surface area contributed by atoms with Crippen LogP contribution in [0.15, 0.2) is 18.2 Å². The van der Waals surface area contributed by atoms with Gasteiger partial charge in [-0.3, -0.25) is 14.4 Å². The molecule has 13 heteroatoms. The van der Waals surface area contributed by atoms with Gasteiger partial charge in [-0.15, -0.1) is 0 Å². The van der Waals surface area contributed by atoms with Gasteiger partial charge in [0.1, 0.15) is 29.5 Å².